The van der Waals surface area contributed by atoms with Crippen LogP contribution in [0, 0.1) is 0 Å². The molecule has 2 aromatic carbocycles. The molecule has 0 amide bonds. The summed E-state index contributed by atoms with van der Waals surface area (Å²) in [5.74, 6) is -0.691. The lowest BCUT2D eigenvalue weighted by Gasteiger charge is -2.05. The minimum atomic E-state index is -1.06. The Morgan fingerprint density at radius 1 is 1.05 bits per heavy atom. The van der Waals surface area contributed by atoms with Crippen molar-refractivity contribution in [2.24, 2.45) is 0 Å². The molecule has 1 N–H and O–H groups in total. The van der Waals surface area contributed by atoms with Crippen LogP contribution in [0.2, 0.25) is 0 Å². The average molecular weight is 295 g/mol. The fourth-order valence-corrected chi connectivity index (χ4v) is 2.39. The first-order chi connectivity index (χ1) is 10.6. The van der Waals surface area contributed by atoms with Gasteiger partial charge in [-0.05, 0) is 30.3 Å². The first-order valence-corrected chi connectivity index (χ1v) is 6.64. The second kappa shape index (κ2) is 5.37. The number of methoxy groups -OCH3 is 1. The molecule has 0 atom stereocenters. The summed E-state index contributed by atoms with van der Waals surface area (Å²) in [6.45, 7) is 0. The number of carbonyl (C=O) groups excluding carboxylic acids is 1. The Kier molecular flexibility index (Phi) is 3.39. The molecular formula is C17H13NO4. The zero-order chi connectivity index (χ0) is 15.7. The average Bonchev–Trinajstić information content (AvgIpc) is 2.94. The molecule has 5 heteroatoms. The van der Waals surface area contributed by atoms with Gasteiger partial charge in [0.15, 0.2) is 0 Å². The van der Waals surface area contributed by atoms with E-state index in [2.05, 4.69) is 0 Å². The van der Waals surface area contributed by atoms with Gasteiger partial charge in [-0.1, -0.05) is 18.2 Å². The van der Waals surface area contributed by atoms with Crippen LogP contribution in [0.15, 0.2) is 54.7 Å². The van der Waals surface area contributed by atoms with E-state index in [1.807, 2.05) is 0 Å². The van der Waals surface area contributed by atoms with Gasteiger partial charge in [-0.15, -0.1) is 0 Å². The summed E-state index contributed by atoms with van der Waals surface area (Å²) in [7, 11) is 1.55. The van der Waals surface area contributed by atoms with Crippen LogP contribution in [0.5, 0.6) is 5.75 Å². The lowest BCUT2D eigenvalue weighted by molar-refractivity contribution is 0.0699. The van der Waals surface area contributed by atoms with E-state index in [0.29, 0.717) is 22.2 Å². The van der Waals surface area contributed by atoms with E-state index in [1.54, 1.807) is 55.6 Å². The van der Waals surface area contributed by atoms with Gasteiger partial charge < -0.3 is 9.84 Å². The van der Waals surface area contributed by atoms with E-state index in [1.165, 1.54) is 10.8 Å². The SMILES string of the molecule is COc1ccc(C(=O)n2cc(C(=O)O)c3ccccc32)cc1. The molecule has 0 aliphatic carbocycles. The van der Waals surface area contributed by atoms with Gasteiger partial charge in [0, 0.05) is 17.1 Å². The predicted molar refractivity (Wildman–Crippen MR) is 81.6 cm³/mol. The molecule has 22 heavy (non-hydrogen) atoms. The third-order valence-corrected chi connectivity index (χ3v) is 3.50. The number of fused-ring (bicyclic) bond motifs is 1. The van der Waals surface area contributed by atoms with Crippen LogP contribution in [0.25, 0.3) is 10.9 Å². The third kappa shape index (κ3) is 2.22. The summed E-state index contributed by atoms with van der Waals surface area (Å²) < 4.78 is 6.43. The monoisotopic (exact) mass is 295 g/mol. The number of carbonyl (C=O) groups is 2. The molecule has 0 aliphatic heterocycles. The predicted octanol–water partition coefficient (Wildman–Crippen LogP) is 3.04. The maximum absolute atomic E-state index is 12.6. The molecule has 0 radical (unpaired) electrons. The van der Waals surface area contributed by atoms with Crippen molar-refractivity contribution < 1.29 is 19.4 Å². The topological polar surface area (TPSA) is 68.5 Å². The van der Waals surface area contributed by atoms with Gasteiger partial charge in [-0.25, -0.2) is 4.79 Å². The van der Waals surface area contributed by atoms with E-state index >= 15 is 0 Å². The maximum atomic E-state index is 12.6. The number of aromatic nitrogens is 1. The maximum Gasteiger partial charge on any atom is 0.337 e. The zero-order valence-corrected chi connectivity index (χ0v) is 11.8. The van der Waals surface area contributed by atoms with Crippen molar-refractivity contribution in [3.8, 4) is 5.75 Å². The highest BCUT2D eigenvalue weighted by Crippen LogP contribution is 2.23. The number of hydrogen-bond acceptors (Lipinski definition) is 3. The van der Waals surface area contributed by atoms with Gasteiger partial charge >= 0.3 is 5.97 Å². The van der Waals surface area contributed by atoms with Crippen LogP contribution < -0.4 is 4.74 Å². The van der Waals surface area contributed by atoms with E-state index in [4.69, 9.17) is 4.74 Å². The molecule has 0 bridgehead atoms. The number of carboxylic acid groups (broad SMARTS) is 1. The first-order valence-electron chi connectivity index (χ1n) is 6.64. The van der Waals surface area contributed by atoms with Gasteiger partial charge in [-0.3, -0.25) is 9.36 Å². The van der Waals surface area contributed by atoms with Crippen molar-refractivity contribution in [3.05, 3.63) is 65.9 Å². The Morgan fingerprint density at radius 3 is 2.36 bits per heavy atom. The number of aromatic carboxylic acids is 1. The number of benzene rings is 2. The van der Waals surface area contributed by atoms with Crippen molar-refractivity contribution in [1.82, 2.24) is 4.57 Å². The zero-order valence-electron chi connectivity index (χ0n) is 11.8. The molecule has 3 rings (SSSR count). The minimum absolute atomic E-state index is 0.109. The standard InChI is InChI=1S/C17H13NO4/c1-22-12-8-6-11(7-9-12)16(19)18-10-14(17(20)21)13-4-2-3-5-15(13)18/h2-10H,1H3,(H,20,21). The molecule has 0 saturated carbocycles. The molecule has 3 aromatic rings. The smallest absolute Gasteiger partial charge is 0.337 e. The Hall–Kier alpha value is -3.08. The van der Waals surface area contributed by atoms with Crippen molar-refractivity contribution >= 4 is 22.8 Å². The van der Waals surface area contributed by atoms with Gasteiger partial charge in [0.05, 0.1) is 18.2 Å². The quantitative estimate of drug-likeness (QED) is 0.806. The molecule has 1 heterocycles. The number of ether oxygens (including phenoxy) is 1. The lowest BCUT2D eigenvalue weighted by atomic mass is 10.2. The molecule has 1 aromatic heterocycles. The van der Waals surface area contributed by atoms with Crippen molar-refractivity contribution in [3.63, 3.8) is 0 Å². The highest BCUT2D eigenvalue weighted by atomic mass is 16.5. The summed E-state index contributed by atoms with van der Waals surface area (Å²) >= 11 is 0. The number of para-hydroxylation sites is 1. The summed E-state index contributed by atoms with van der Waals surface area (Å²) in [6.07, 6.45) is 1.36. The summed E-state index contributed by atoms with van der Waals surface area (Å²) in [4.78, 5) is 24.0. The Labute approximate surface area is 126 Å². The number of carboxylic acids is 1. The van der Waals surface area contributed by atoms with Crippen LogP contribution in [-0.2, 0) is 0 Å². The normalized spacial score (nSPS) is 10.6. The van der Waals surface area contributed by atoms with Crippen LogP contribution in [-0.4, -0.2) is 28.7 Å². The fourth-order valence-electron chi connectivity index (χ4n) is 2.39. The second-order valence-electron chi connectivity index (χ2n) is 4.77. The Morgan fingerprint density at radius 2 is 1.73 bits per heavy atom. The van der Waals surface area contributed by atoms with Gasteiger partial charge in [-0.2, -0.15) is 0 Å². The largest absolute Gasteiger partial charge is 0.497 e. The first kappa shape index (κ1) is 13.9. The second-order valence-corrected chi connectivity index (χ2v) is 4.77. The molecule has 0 aliphatic rings. The van der Waals surface area contributed by atoms with Crippen LogP contribution in [0.3, 0.4) is 0 Å². The van der Waals surface area contributed by atoms with Crippen LogP contribution in [0.4, 0.5) is 0 Å². The Bertz CT molecular complexity index is 862. The molecule has 0 fully saturated rings. The van der Waals surface area contributed by atoms with Gasteiger partial charge in [0.1, 0.15) is 5.75 Å². The molecule has 5 nitrogen and oxygen atoms in total. The van der Waals surface area contributed by atoms with Crippen LogP contribution >= 0.6 is 0 Å². The highest BCUT2D eigenvalue weighted by molar-refractivity contribution is 6.09. The van der Waals surface area contributed by atoms with Crippen molar-refractivity contribution in [1.29, 1.82) is 0 Å². The summed E-state index contributed by atoms with van der Waals surface area (Å²) in [5, 5.41) is 9.81. The lowest BCUT2D eigenvalue weighted by Crippen LogP contribution is -2.10. The molecule has 0 spiro atoms. The van der Waals surface area contributed by atoms with E-state index in [0.717, 1.165) is 0 Å². The summed E-state index contributed by atoms with van der Waals surface area (Å²) in [6, 6.07) is 13.6. The fraction of sp³-hybridized carbons (Fsp3) is 0.0588. The van der Waals surface area contributed by atoms with E-state index in [-0.39, 0.29) is 11.5 Å². The molecule has 0 unspecified atom stereocenters. The molecule has 110 valence electrons. The number of hydrogen-bond donors (Lipinski definition) is 1. The molecule has 0 saturated heterocycles. The van der Waals surface area contributed by atoms with Gasteiger partial charge in [0.2, 0.25) is 0 Å². The minimum Gasteiger partial charge on any atom is -0.497 e. The third-order valence-electron chi connectivity index (χ3n) is 3.50. The van der Waals surface area contributed by atoms with Crippen LogP contribution in [0.1, 0.15) is 20.7 Å². The van der Waals surface area contributed by atoms with E-state index < -0.39 is 5.97 Å². The van der Waals surface area contributed by atoms with Crippen molar-refractivity contribution in [2.45, 2.75) is 0 Å². The highest BCUT2D eigenvalue weighted by Gasteiger charge is 2.18. The van der Waals surface area contributed by atoms with Gasteiger partial charge in [0.25, 0.3) is 5.91 Å². The number of rotatable bonds is 3. The number of nitrogens with zero attached hydrogens (tertiary/aromatic N) is 1. The Balaban J connectivity index is 2.12. The van der Waals surface area contributed by atoms with E-state index in [9.17, 15) is 14.7 Å². The van der Waals surface area contributed by atoms with Crippen molar-refractivity contribution in [2.75, 3.05) is 7.11 Å². The molecular weight excluding hydrogens is 282 g/mol. The summed E-state index contributed by atoms with van der Waals surface area (Å²) in [5.41, 5.74) is 1.14.